The molecule has 4 nitrogen and oxygen atoms in total. The highest BCUT2D eigenvalue weighted by Crippen LogP contribution is 2.27. The minimum absolute atomic E-state index is 0.0416. The van der Waals surface area contributed by atoms with Crippen LogP contribution in [-0.2, 0) is 20.3 Å². The molecule has 0 radical (unpaired) electrons. The first-order valence-corrected chi connectivity index (χ1v) is 10.00. The van der Waals surface area contributed by atoms with Crippen LogP contribution in [0.3, 0.4) is 0 Å². The Labute approximate surface area is 127 Å². The summed E-state index contributed by atoms with van der Waals surface area (Å²) < 4.78 is 22.6. The van der Waals surface area contributed by atoms with Gasteiger partial charge in [0, 0.05) is 29.3 Å². The van der Waals surface area contributed by atoms with Gasteiger partial charge in [0.25, 0.3) is 0 Å². The van der Waals surface area contributed by atoms with Gasteiger partial charge in [0.1, 0.15) is 5.25 Å². The average Bonchev–Trinajstić information content (AvgIpc) is 2.79. The molecule has 1 atom stereocenters. The maximum absolute atomic E-state index is 11.9. The van der Waals surface area contributed by atoms with Gasteiger partial charge in [-0.05, 0) is 36.1 Å². The zero-order valence-corrected chi connectivity index (χ0v) is 13.5. The fraction of sp³-hybridized carbons (Fsp3) is 0.462. The van der Waals surface area contributed by atoms with Crippen molar-refractivity contribution in [1.82, 2.24) is 0 Å². The lowest BCUT2D eigenvalue weighted by Gasteiger charge is -2.16. The summed E-state index contributed by atoms with van der Waals surface area (Å²) in [5.74, 6) is 0.852. The fourth-order valence-electron chi connectivity index (χ4n) is 2.18. The van der Waals surface area contributed by atoms with Crippen molar-refractivity contribution >= 4 is 43.1 Å². The Morgan fingerprint density at radius 3 is 2.50 bits per heavy atom. The molecule has 1 aromatic carbocycles. The van der Waals surface area contributed by atoms with Crippen LogP contribution >= 0.6 is 22.4 Å². The second-order valence-corrected chi connectivity index (χ2v) is 8.61. The number of rotatable bonds is 5. The number of hydrogen-bond acceptors (Lipinski definition) is 4. The molecule has 0 saturated carbocycles. The van der Waals surface area contributed by atoms with Crippen molar-refractivity contribution in [2.24, 2.45) is 0 Å². The summed E-state index contributed by atoms with van der Waals surface area (Å²) in [5, 5.41) is -0.812. The largest absolute Gasteiger partial charge is 0.311 e. The number of amides is 1. The molecule has 0 aliphatic carbocycles. The highest BCUT2D eigenvalue weighted by atomic mass is 35.7. The number of thioether (sulfide) groups is 1. The molecule has 1 amide bonds. The zero-order chi connectivity index (χ0) is 14.8. The van der Waals surface area contributed by atoms with Crippen LogP contribution in [0.1, 0.15) is 12.0 Å². The first-order valence-electron chi connectivity index (χ1n) is 6.23. The third kappa shape index (κ3) is 3.68. The predicted molar refractivity (Wildman–Crippen MR) is 84.1 cm³/mol. The second kappa shape index (κ2) is 6.37. The van der Waals surface area contributed by atoms with Crippen LogP contribution in [0.5, 0.6) is 0 Å². The molecule has 1 unspecified atom stereocenters. The zero-order valence-electron chi connectivity index (χ0n) is 11.1. The van der Waals surface area contributed by atoms with Crippen LogP contribution in [0.25, 0.3) is 0 Å². The number of carbonyl (C=O) groups is 1. The average molecular weight is 334 g/mol. The first kappa shape index (κ1) is 15.7. The van der Waals surface area contributed by atoms with Crippen LogP contribution in [0, 0.1) is 0 Å². The summed E-state index contributed by atoms with van der Waals surface area (Å²) in [6.07, 6.45) is 3.00. The Hall–Kier alpha value is -0.720. The van der Waals surface area contributed by atoms with Crippen molar-refractivity contribution in [3.05, 3.63) is 29.8 Å². The van der Waals surface area contributed by atoms with Gasteiger partial charge in [-0.3, -0.25) is 4.79 Å². The van der Waals surface area contributed by atoms with Gasteiger partial charge in [-0.15, -0.1) is 0 Å². The van der Waals surface area contributed by atoms with E-state index in [1.165, 1.54) is 10.5 Å². The van der Waals surface area contributed by atoms with E-state index >= 15 is 0 Å². The van der Waals surface area contributed by atoms with Crippen LogP contribution in [-0.4, -0.2) is 38.1 Å². The molecular weight excluding hydrogens is 318 g/mol. The van der Waals surface area contributed by atoms with Crippen molar-refractivity contribution in [2.45, 2.75) is 18.1 Å². The minimum Gasteiger partial charge on any atom is -0.311 e. The highest BCUT2D eigenvalue weighted by molar-refractivity contribution is 8.14. The molecule has 110 valence electrons. The number of nitrogens with zero attached hydrogens (tertiary/aromatic N) is 1. The Morgan fingerprint density at radius 2 is 2.00 bits per heavy atom. The van der Waals surface area contributed by atoms with Crippen LogP contribution < -0.4 is 4.90 Å². The third-order valence-electron chi connectivity index (χ3n) is 3.33. The Balaban J connectivity index is 2.10. The highest BCUT2D eigenvalue weighted by Gasteiger charge is 2.37. The van der Waals surface area contributed by atoms with E-state index in [2.05, 4.69) is 6.26 Å². The molecule has 1 aliphatic rings. The number of aryl methyl sites for hydroxylation is 1. The second-order valence-electron chi connectivity index (χ2n) is 4.72. The van der Waals surface area contributed by atoms with E-state index in [9.17, 15) is 13.2 Å². The Bertz CT molecular complexity index is 586. The fourth-order valence-corrected chi connectivity index (χ4v) is 3.64. The SMILES string of the molecule is CSCCc1ccc(N2CC(S(=O)(=O)Cl)CC2=O)cc1. The lowest BCUT2D eigenvalue weighted by molar-refractivity contribution is -0.117. The summed E-state index contributed by atoms with van der Waals surface area (Å²) in [6.45, 7) is 0.134. The third-order valence-corrected chi connectivity index (χ3v) is 5.81. The summed E-state index contributed by atoms with van der Waals surface area (Å²) in [7, 11) is 1.64. The minimum atomic E-state index is -3.69. The molecular formula is C13H16ClNO3S2. The standard InChI is InChI=1S/C13H16ClNO3S2/c1-19-7-6-10-2-4-11(5-3-10)15-9-12(8-13(15)16)20(14,17)18/h2-5,12H,6-9H2,1H3. The van der Waals surface area contributed by atoms with Gasteiger partial charge in [0.15, 0.2) is 0 Å². The van der Waals surface area contributed by atoms with E-state index in [1.54, 1.807) is 11.8 Å². The van der Waals surface area contributed by atoms with Crippen molar-refractivity contribution in [3.8, 4) is 0 Å². The van der Waals surface area contributed by atoms with Crippen molar-refractivity contribution < 1.29 is 13.2 Å². The summed E-state index contributed by atoms with van der Waals surface area (Å²) in [5.41, 5.74) is 1.93. The van der Waals surface area contributed by atoms with Crippen molar-refractivity contribution in [1.29, 1.82) is 0 Å². The van der Waals surface area contributed by atoms with Crippen LogP contribution in [0.4, 0.5) is 5.69 Å². The van der Waals surface area contributed by atoms with Gasteiger partial charge < -0.3 is 4.90 Å². The topological polar surface area (TPSA) is 54.5 Å². The Kier molecular flexibility index (Phi) is 4.99. The maximum atomic E-state index is 11.9. The van der Waals surface area contributed by atoms with Gasteiger partial charge in [0.05, 0.1) is 0 Å². The molecule has 2 rings (SSSR count). The van der Waals surface area contributed by atoms with E-state index in [0.29, 0.717) is 0 Å². The van der Waals surface area contributed by atoms with E-state index in [-0.39, 0.29) is 18.9 Å². The summed E-state index contributed by atoms with van der Waals surface area (Å²) >= 11 is 1.78. The molecule has 1 fully saturated rings. The normalized spacial score (nSPS) is 19.6. The van der Waals surface area contributed by atoms with Gasteiger partial charge in [-0.2, -0.15) is 11.8 Å². The molecule has 20 heavy (non-hydrogen) atoms. The van der Waals surface area contributed by atoms with E-state index in [0.717, 1.165) is 17.9 Å². The molecule has 1 heterocycles. The number of carbonyl (C=O) groups excluding carboxylic acids is 1. The summed E-state index contributed by atoms with van der Waals surface area (Å²) in [4.78, 5) is 13.4. The molecule has 1 aromatic rings. The number of halogens is 1. The monoisotopic (exact) mass is 333 g/mol. The van der Waals surface area contributed by atoms with Crippen molar-refractivity contribution in [2.75, 3.05) is 23.5 Å². The molecule has 1 saturated heterocycles. The molecule has 7 heteroatoms. The van der Waals surface area contributed by atoms with Crippen LogP contribution in [0.15, 0.2) is 24.3 Å². The predicted octanol–water partition coefficient (Wildman–Crippen LogP) is 2.27. The number of benzene rings is 1. The smallest absolute Gasteiger partial charge is 0.237 e. The summed E-state index contributed by atoms with van der Waals surface area (Å²) in [6, 6.07) is 7.66. The van der Waals surface area contributed by atoms with Gasteiger partial charge >= 0.3 is 0 Å². The first-order chi connectivity index (χ1) is 9.41. The maximum Gasteiger partial charge on any atom is 0.237 e. The lowest BCUT2D eigenvalue weighted by atomic mass is 10.1. The Morgan fingerprint density at radius 1 is 1.35 bits per heavy atom. The van der Waals surface area contributed by atoms with E-state index in [4.69, 9.17) is 10.7 Å². The van der Waals surface area contributed by atoms with Gasteiger partial charge in [-0.25, -0.2) is 8.42 Å². The lowest BCUT2D eigenvalue weighted by Crippen LogP contribution is -2.26. The number of anilines is 1. The van der Waals surface area contributed by atoms with Gasteiger partial charge in [0.2, 0.25) is 15.0 Å². The van der Waals surface area contributed by atoms with Crippen molar-refractivity contribution in [3.63, 3.8) is 0 Å². The van der Waals surface area contributed by atoms with E-state index in [1.807, 2.05) is 24.3 Å². The van der Waals surface area contributed by atoms with Crippen LogP contribution in [0.2, 0.25) is 0 Å². The van der Waals surface area contributed by atoms with E-state index < -0.39 is 14.3 Å². The van der Waals surface area contributed by atoms with Gasteiger partial charge in [-0.1, -0.05) is 12.1 Å². The molecule has 0 aromatic heterocycles. The number of hydrogen-bond donors (Lipinski definition) is 0. The molecule has 0 spiro atoms. The molecule has 0 N–H and O–H groups in total. The quantitative estimate of drug-likeness (QED) is 0.776. The molecule has 0 bridgehead atoms. The molecule has 1 aliphatic heterocycles.